The minimum absolute atomic E-state index is 0.0765. The van der Waals surface area contributed by atoms with Crippen LogP contribution in [0.1, 0.15) is 30.7 Å². The lowest BCUT2D eigenvalue weighted by molar-refractivity contribution is -0.132. The summed E-state index contributed by atoms with van der Waals surface area (Å²) in [4.78, 5) is 14.0. The maximum atomic E-state index is 12.3. The van der Waals surface area contributed by atoms with Gasteiger partial charge in [0.05, 0.1) is 6.10 Å². The molecule has 2 aliphatic rings. The second kappa shape index (κ2) is 5.38. The molecule has 0 heterocycles. The third kappa shape index (κ3) is 2.99. The van der Waals surface area contributed by atoms with Crippen molar-refractivity contribution in [3.63, 3.8) is 0 Å². The zero-order valence-electron chi connectivity index (χ0n) is 11.6. The molecule has 108 valence electrons. The molecule has 0 aromatic heterocycles. The van der Waals surface area contributed by atoms with Crippen LogP contribution in [0.2, 0.25) is 5.02 Å². The number of nitrogens with zero attached hydrogens (tertiary/aromatic N) is 1. The fourth-order valence-corrected chi connectivity index (χ4v) is 2.96. The smallest absolute Gasteiger partial charge is 0.226 e. The molecule has 3 rings (SSSR count). The molecule has 1 aromatic carbocycles. The SMILES string of the molecule is CN(CC(O)C1CC1)C(=O)C1CC1c1ccc(Cl)cc1. The first-order valence-corrected chi connectivity index (χ1v) is 7.62. The molecule has 1 aromatic rings. The van der Waals surface area contributed by atoms with Crippen molar-refractivity contribution < 1.29 is 9.90 Å². The Morgan fingerprint density at radius 2 is 2.05 bits per heavy atom. The normalized spacial score (nSPS) is 26.1. The van der Waals surface area contributed by atoms with Gasteiger partial charge in [0, 0.05) is 24.5 Å². The van der Waals surface area contributed by atoms with E-state index in [0.717, 1.165) is 24.3 Å². The predicted molar refractivity (Wildman–Crippen MR) is 78.7 cm³/mol. The molecule has 0 bridgehead atoms. The molecule has 2 aliphatic carbocycles. The summed E-state index contributed by atoms with van der Waals surface area (Å²) in [6.45, 7) is 0.466. The highest BCUT2D eigenvalue weighted by Gasteiger charge is 2.45. The van der Waals surface area contributed by atoms with Gasteiger partial charge in [0.1, 0.15) is 0 Å². The number of aliphatic hydroxyl groups is 1. The van der Waals surface area contributed by atoms with Gasteiger partial charge in [-0.3, -0.25) is 4.79 Å². The van der Waals surface area contributed by atoms with Gasteiger partial charge in [-0.2, -0.15) is 0 Å². The van der Waals surface area contributed by atoms with E-state index in [4.69, 9.17) is 11.6 Å². The van der Waals surface area contributed by atoms with E-state index in [1.807, 2.05) is 24.3 Å². The summed E-state index contributed by atoms with van der Waals surface area (Å²) in [5.41, 5.74) is 1.18. The first-order valence-electron chi connectivity index (χ1n) is 7.24. The zero-order chi connectivity index (χ0) is 14.3. The Bertz CT molecular complexity index is 498. The molecule has 3 nitrogen and oxygen atoms in total. The molecule has 3 atom stereocenters. The lowest BCUT2D eigenvalue weighted by Crippen LogP contribution is -2.36. The minimum Gasteiger partial charge on any atom is -0.391 e. The summed E-state index contributed by atoms with van der Waals surface area (Å²) in [6, 6.07) is 7.74. The number of hydrogen-bond acceptors (Lipinski definition) is 2. The lowest BCUT2D eigenvalue weighted by Gasteiger charge is -2.21. The van der Waals surface area contributed by atoms with Crippen molar-refractivity contribution in [3.8, 4) is 0 Å². The van der Waals surface area contributed by atoms with Gasteiger partial charge < -0.3 is 10.0 Å². The van der Waals surface area contributed by atoms with E-state index in [9.17, 15) is 9.90 Å². The average molecular weight is 294 g/mol. The van der Waals surface area contributed by atoms with Gasteiger partial charge in [-0.15, -0.1) is 0 Å². The summed E-state index contributed by atoms with van der Waals surface area (Å²) in [5.74, 6) is 0.967. The van der Waals surface area contributed by atoms with Crippen LogP contribution in [-0.4, -0.2) is 35.6 Å². The van der Waals surface area contributed by atoms with E-state index in [1.165, 1.54) is 5.56 Å². The molecular formula is C16H20ClNO2. The van der Waals surface area contributed by atoms with Crippen LogP contribution < -0.4 is 0 Å². The summed E-state index contributed by atoms with van der Waals surface area (Å²) < 4.78 is 0. The fourth-order valence-electron chi connectivity index (χ4n) is 2.83. The van der Waals surface area contributed by atoms with Crippen LogP contribution in [0, 0.1) is 11.8 Å². The van der Waals surface area contributed by atoms with Crippen LogP contribution in [0.25, 0.3) is 0 Å². The van der Waals surface area contributed by atoms with Crippen LogP contribution in [0.3, 0.4) is 0 Å². The third-order valence-corrected chi connectivity index (χ3v) is 4.66. The number of hydrogen-bond donors (Lipinski definition) is 1. The molecule has 3 unspecified atom stereocenters. The second-order valence-electron chi connectivity index (χ2n) is 6.12. The third-order valence-electron chi connectivity index (χ3n) is 4.41. The molecule has 20 heavy (non-hydrogen) atoms. The number of likely N-dealkylation sites (N-methyl/N-ethyl adjacent to an activating group) is 1. The summed E-state index contributed by atoms with van der Waals surface area (Å²) in [5, 5.41) is 10.6. The van der Waals surface area contributed by atoms with E-state index in [-0.39, 0.29) is 17.9 Å². The maximum absolute atomic E-state index is 12.3. The summed E-state index contributed by atoms with van der Waals surface area (Å²) >= 11 is 5.88. The first-order chi connectivity index (χ1) is 9.56. The van der Waals surface area contributed by atoms with Crippen LogP contribution in [0.15, 0.2) is 24.3 Å². The molecule has 0 radical (unpaired) electrons. The standard InChI is InChI=1S/C16H20ClNO2/c1-18(9-15(19)11-2-3-11)16(20)14-8-13(14)10-4-6-12(17)7-5-10/h4-7,11,13-15,19H,2-3,8-9H2,1H3. The fraction of sp³-hybridized carbons (Fsp3) is 0.562. The van der Waals surface area contributed by atoms with Crippen molar-refractivity contribution in [2.45, 2.75) is 31.3 Å². The van der Waals surface area contributed by atoms with Gasteiger partial charge in [-0.05, 0) is 48.8 Å². The Balaban J connectivity index is 1.55. The van der Waals surface area contributed by atoms with E-state index in [2.05, 4.69) is 0 Å². The van der Waals surface area contributed by atoms with Crippen LogP contribution in [-0.2, 0) is 4.79 Å². The average Bonchev–Trinajstić information content (AvgIpc) is 3.29. The van der Waals surface area contributed by atoms with Crippen LogP contribution in [0.5, 0.6) is 0 Å². The van der Waals surface area contributed by atoms with Crippen molar-refractivity contribution in [1.29, 1.82) is 0 Å². The molecule has 2 fully saturated rings. The van der Waals surface area contributed by atoms with E-state index < -0.39 is 0 Å². The van der Waals surface area contributed by atoms with Crippen LogP contribution >= 0.6 is 11.6 Å². The highest BCUT2D eigenvalue weighted by atomic mass is 35.5. The molecule has 1 amide bonds. The predicted octanol–water partition coefficient (Wildman–Crippen LogP) is 2.67. The molecule has 4 heteroatoms. The highest BCUT2D eigenvalue weighted by molar-refractivity contribution is 6.30. The monoisotopic (exact) mass is 293 g/mol. The lowest BCUT2D eigenvalue weighted by atomic mass is 10.1. The first kappa shape index (κ1) is 13.9. The van der Waals surface area contributed by atoms with Gasteiger partial charge in [0.2, 0.25) is 5.91 Å². The number of amides is 1. The molecule has 2 saturated carbocycles. The topological polar surface area (TPSA) is 40.5 Å². The molecule has 0 spiro atoms. The van der Waals surface area contributed by atoms with Crippen molar-refractivity contribution >= 4 is 17.5 Å². The summed E-state index contributed by atoms with van der Waals surface area (Å²) in [7, 11) is 1.80. The Hall–Kier alpha value is -1.06. The maximum Gasteiger partial charge on any atom is 0.226 e. The van der Waals surface area contributed by atoms with Crippen LogP contribution in [0.4, 0.5) is 0 Å². The number of aliphatic hydroxyl groups excluding tert-OH is 1. The van der Waals surface area contributed by atoms with Crippen molar-refractivity contribution in [2.75, 3.05) is 13.6 Å². The van der Waals surface area contributed by atoms with Crippen molar-refractivity contribution in [2.24, 2.45) is 11.8 Å². The van der Waals surface area contributed by atoms with Gasteiger partial charge >= 0.3 is 0 Å². The number of carbonyl (C=O) groups excluding carboxylic acids is 1. The number of halogens is 1. The Morgan fingerprint density at radius 3 is 2.65 bits per heavy atom. The number of carbonyl (C=O) groups is 1. The molecule has 0 aliphatic heterocycles. The van der Waals surface area contributed by atoms with Crippen molar-refractivity contribution in [1.82, 2.24) is 4.90 Å². The van der Waals surface area contributed by atoms with Gasteiger partial charge in [-0.1, -0.05) is 23.7 Å². The summed E-state index contributed by atoms with van der Waals surface area (Å²) in [6.07, 6.45) is 2.75. The zero-order valence-corrected chi connectivity index (χ0v) is 12.4. The van der Waals surface area contributed by atoms with Gasteiger partial charge in [0.15, 0.2) is 0 Å². The van der Waals surface area contributed by atoms with E-state index >= 15 is 0 Å². The molecular weight excluding hydrogens is 274 g/mol. The van der Waals surface area contributed by atoms with Crippen molar-refractivity contribution in [3.05, 3.63) is 34.9 Å². The minimum atomic E-state index is -0.350. The highest BCUT2D eigenvalue weighted by Crippen LogP contribution is 2.48. The largest absolute Gasteiger partial charge is 0.391 e. The Labute approximate surface area is 124 Å². The molecule has 1 N–H and O–H groups in total. The second-order valence-corrected chi connectivity index (χ2v) is 6.56. The van der Waals surface area contributed by atoms with E-state index in [0.29, 0.717) is 18.4 Å². The Morgan fingerprint density at radius 1 is 1.40 bits per heavy atom. The van der Waals surface area contributed by atoms with E-state index in [1.54, 1.807) is 11.9 Å². The quantitative estimate of drug-likeness (QED) is 0.907. The number of rotatable bonds is 5. The number of benzene rings is 1. The molecule has 0 saturated heterocycles. The Kier molecular flexibility index (Phi) is 3.74. The van der Waals surface area contributed by atoms with Gasteiger partial charge in [0.25, 0.3) is 0 Å². The van der Waals surface area contributed by atoms with Gasteiger partial charge in [-0.25, -0.2) is 0 Å².